The molecule has 0 saturated carbocycles. The van der Waals surface area contributed by atoms with Crippen LogP contribution >= 0.6 is 0 Å². The Hall–Kier alpha value is -1.46. The lowest BCUT2D eigenvalue weighted by molar-refractivity contribution is 0.506. The molecule has 6 nitrogen and oxygen atoms in total. The molecular weight excluding hydrogens is 276 g/mol. The van der Waals surface area contributed by atoms with Crippen LogP contribution in [0.15, 0.2) is 9.98 Å². The fourth-order valence-electron chi connectivity index (χ4n) is 1.82. The fourth-order valence-corrected chi connectivity index (χ4v) is 1.82. The van der Waals surface area contributed by atoms with E-state index in [9.17, 15) is 0 Å². The van der Waals surface area contributed by atoms with Crippen LogP contribution in [-0.2, 0) is 0 Å². The van der Waals surface area contributed by atoms with Crippen molar-refractivity contribution in [2.24, 2.45) is 21.5 Å². The average Bonchev–Trinajstić information content (AvgIpc) is 2.27. The Balaban J connectivity index is 3.67. The van der Waals surface area contributed by atoms with Crippen LogP contribution in [0.3, 0.4) is 0 Å². The van der Waals surface area contributed by atoms with Crippen LogP contribution < -0.4 is 22.1 Å². The van der Waals surface area contributed by atoms with Crippen molar-refractivity contribution in [2.75, 3.05) is 13.1 Å². The van der Waals surface area contributed by atoms with Crippen LogP contribution in [0.4, 0.5) is 0 Å². The molecule has 0 aliphatic heterocycles. The van der Waals surface area contributed by atoms with Crippen LogP contribution in [0, 0.1) is 0 Å². The molecule has 0 unspecified atom stereocenters. The molecule has 0 aliphatic rings. The van der Waals surface area contributed by atoms with Crippen molar-refractivity contribution >= 4 is 11.9 Å². The molecule has 0 fully saturated rings. The second-order valence-electron chi connectivity index (χ2n) is 7.70. The molecule has 0 spiro atoms. The summed E-state index contributed by atoms with van der Waals surface area (Å²) in [4.78, 5) is 8.64. The first-order valence-corrected chi connectivity index (χ1v) is 8.16. The second kappa shape index (κ2) is 9.54. The van der Waals surface area contributed by atoms with E-state index in [0.29, 0.717) is 11.9 Å². The molecular formula is C16H36N6. The molecule has 22 heavy (non-hydrogen) atoms. The van der Waals surface area contributed by atoms with E-state index in [1.54, 1.807) is 0 Å². The van der Waals surface area contributed by atoms with Crippen LogP contribution in [-0.4, -0.2) is 36.1 Å². The summed E-state index contributed by atoms with van der Waals surface area (Å²) in [6, 6.07) is 0. The van der Waals surface area contributed by atoms with Crippen molar-refractivity contribution in [3.8, 4) is 0 Å². The third kappa shape index (κ3) is 14.9. The largest absolute Gasteiger partial charge is 0.370 e. The molecule has 0 aromatic carbocycles. The van der Waals surface area contributed by atoms with Gasteiger partial charge in [-0.15, -0.1) is 0 Å². The number of guanidine groups is 2. The number of nitrogens with zero attached hydrogens (tertiary/aromatic N) is 2. The summed E-state index contributed by atoms with van der Waals surface area (Å²) in [6.45, 7) is 13.9. The molecule has 0 amide bonds. The van der Waals surface area contributed by atoms with E-state index in [1.807, 2.05) is 0 Å². The number of unbranched alkanes of at least 4 members (excludes halogenated alkanes) is 3. The second-order valence-corrected chi connectivity index (χ2v) is 7.70. The molecule has 0 aromatic rings. The van der Waals surface area contributed by atoms with Crippen molar-refractivity contribution in [1.29, 1.82) is 0 Å². The van der Waals surface area contributed by atoms with Crippen LogP contribution in [0.5, 0.6) is 0 Å². The maximum Gasteiger partial charge on any atom is 0.188 e. The zero-order valence-electron chi connectivity index (χ0n) is 15.3. The van der Waals surface area contributed by atoms with E-state index in [4.69, 9.17) is 11.5 Å². The highest BCUT2D eigenvalue weighted by Crippen LogP contribution is 2.02. The first-order valence-electron chi connectivity index (χ1n) is 8.16. The molecule has 0 aliphatic carbocycles. The summed E-state index contributed by atoms with van der Waals surface area (Å²) >= 11 is 0. The third-order valence-corrected chi connectivity index (χ3v) is 2.64. The molecule has 0 atom stereocenters. The summed E-state index contributed by atoms with van der Waals surface area (Å²) in [6.07, 6.45) is 4.36. The first-order chi connectivity index (χ1) is 9.99. The first kappa shape index (κ1) is 20.5. The van der Waals surface area contributed by atoms with Crippen molar-refractivity contribution < 1.29 is 0 Å². The Bertz CT molecular complexity index is 324. The molecule has 0 rings (SSSR count). The van der Waals surface area contributed by atoms with Gasteiger partial charge in [0.2, 0.25) is 0 Å². The van der Waals surface area contributed by atoms with Crippen molar-refractivity contribution in [2.45, 2.75) is 78.3 Å². The molecule has 0 heterocycles. The molecule has 130 valence electrons. The summed E-state index contributed by atoms with van der Waals surface area (Å²) in [5, 5.41) is 6.30. The van der Waals surface area contributed by atoms with Gasteiger partial charge in [-0.05, 0) is 54.4 Å². The Morgan fingerprint density at radius 3 is 1.27 bits per heavy atom. The van der Waals surface area contributed by atoms with Gasteiger partial charge in [-0.3, -0.25) is 9.98 Å². The molecule has 0 bridgehead atoms. The summed E-state index contributed by atoms with van der Waals surface area (Å²) in [5.74, 6) is 1.05. The Kier molecular flexibility index (Phi) is 8.90. The van der Waals surface area contributed by atoms with Gasteiger partial charge in [0, 0.05) is 24.2 Å². The lowest BCUT2D eigenvalue weighted by atomic mass is 10.1. The van der Waals surface area contributed by atoms with Gasteiger partial charge in [0.25, 0.3) is 0 Å². The van der Waals surface area contributed by atoms with Gasteiger partial charge < -0.3 is 22.1 Å². The topological polar surface area (TPSA) is 101 Å². The standard InChI is InChI=1S/C16H36N6/c1-15(2,3)21-13(17)19-11-9-7-8-10-12-20-14(18)22-16(4,5)6/h7-12H2,1-6H3,(H3,17,19,21)(H3,18,20,22). The van der Waals surface area contributed by atoms with E-state index in [-0.39, 0.29) is 11.1 Å². The van der Waals surface area contributed by atoms with Crippen LogP contribution in [0.2, 0.25) is 0 Å². The van der Waals surface area contributed by atoms with E-state index < -0.39 is 0 Å². The molecule has 0 saturated heterocycles. The quantitative estimate of drug-likeness (QED) is 0.328. The summed E-state index contributed by atoms with van der Waals surface area (Å²) in [5.41, 5.74) is 11.5. The minimum Gasteiger partial charge on any atom is -0.370 e. The smallest absolute Gasteiger partial charge is 0.188 e. The van der Waals surface area contributed by atoms with Gasteiger partial charge in [-0.2, -0.15) is 0 Å². The number of hydrogen-bond acceptors (Lipinski definition) is 2. The van der Waals surface area contributed by atoms with Gasteiger partial charge in [0.15, 0.2) is 11.9 Å². The third-order valence-electron chi connectivity index (χ3n) is 2.64. The number of nitrogens with two attached hydrogens (primary N) is 2. The minimum absolute atomic E-state index is 0.0351. The number of nitrogens with one attached hydrogen (secondary N) is 2. The van der Waals surface area contributed by atoms with Gasteiger partial charge in [-0.25, -0.2) is 0 Å². The Morgan fingerprint density at radius 2 is 1.00 bits per heavy atom. The average molecular weight is 313 g/mol. The van der Waals surface area contributed by atoms with Crippen LogP contribution in [0.25, 0.3) is 0 Å². The zero-order valence-corrected chi connectivity index (χ0v) is 15.3. The van der Waals surface area contributed by atoms with Crippen LogP contribution in [0.1, 0.15) is 67.2 Å². The molecule has 0 radical (unpaired) electrons. The predicted molar refractivity (Wildman–Crippen MR) is 97.2 cm³/mol. The molecule has 0 aromatic heterocycles. The molecule has 6 N–H and O–H groups in total. The maximum absolute atomic E-state index is 5.81. The highest BCUT2D eigenvalue weighted by Gasteiger charge is 2.10. The summed E-state index contributed by atoms with van der Waals surface area (Å²) < 4.78 is 0. The SMILES string of the molecule is CC(C)(C)NC(N)=NCCCCCCN=C(N)NC(C)(C)C. The maximum atomic E-state index is 5.81. The lowest BCUT2D eigenvalue weighted by Gasteiger charge is -2.21. The van der Waals surface area contributed by atoms with E-state index in [1.165, 1.54) is 0 Å². The minimum atomic E-state index is -0.0351. The van der Waals surface area contributed by atoms with Gasteiger partial charge in [0.1, 0.15) is 0 Å². The normalized spacial score (nSPS) is 14.1. The molecule has 6 heteroatoms. The highest BCUT2D eigenvalue weighted by molar-refractivity contribution is 5.78. The number of aliphatic imine (C=N–C) groups is 2. The predicted octanol–water partition coefficient (Wildman–Crippen LogP) is 1.95. The van der Waals surface area contributed by atoms with Gasteiger partial charge in [-0.1, -0.05) is 12.8 Å². The lowest BCUT2D eigenvalue weighted by Crippen LogP contribution is -2.45. The number of hydrogen-bond donors (Lipinski definition) is 4. The van der Waals surface area contributed by atoms with Gasteiger partial charge >= 0.3 is 0 Å². The van der Waals surface area contributed by atoms with E-state index in [0.717, 1.165) is 38.8 Å². The monoisotopic (exact) mass is 312 g/mol. The Labute approximate surface area is 136 Å². The van der Waals surface area contributed by atoms with Crippen molar-refractivity contribution in [3.63, 3.8) is 0 Å². The van der Waals surface area contributed by atoms with E-state index in [2.05, 4.69) is 62.2 Å². The van der Waals surface area contributed by atoms with Gasteiger partial charge in [0.05, 0.1) is 0 Å². The van der Waals surface area contributed by atoms with Crippen molar-refractivity contribution in [3.05, 3.63) is 0 Å². The highest BCUT2D eigenvalue weighted by atomic mass is 15.1. The zero-order chi connectivity index (χ0) is 17.2. The fraction of sp³-hybridized carbons (Fsp3) is 0.875. The summed E-state index contributed by atoms with van der Waals surface area (Å²) in [7, 11) is 0. The number of rotatable bonds is 7. The van der Waals surface area contributed by atoms with E-state index >= 15 is 0 Å². The Morgan fingerprint density at radius 1 is 0.682 bits per heavy atom. The van der Waals surface area contributed by atoms with Crippen molar-refractivity contribution in [1.82, 2.24) is 10.6 Å².